The number of likely N-dealkylation sites (N-methyl/N-ethyl adjacent to an activating group) is 1. The fourth-order valence-electron chi connectivity index (χ4n) is 3.03. The van der Waals surface area contributed by atoms with Gasteiger partial charge >= 0.3 is 0 Å². The number of nitrogens with zero attached hydrogens (tertiary/aromatic N) is 2. The summed E-state index contributed by atoms with van der Waals surface area (Å²) in [6.07, 6.45) is 6.80. The Balaban J connectivity index is 2.58. The third-order valence-electron chi connectivity index (χ3n) is 4.84. The van der Waals surface area contributed by atoms with Gasteiger partial charge in [0, 0.05) is 25.2 Å². The number of rotatable bonds is 6. The molecule has 2 N–H and O–H groups in total. The lowest BCUT2D eigenvalue weighted by Crippen LogP contribution is -2.54. The molecule has 1 rings (SSSR count). The van der Waals surface area contributed by atoms with E-state index < -0.39 is 0 Å². The van der Waals surface area contributed by atoms with Crippen LogP contribution in [0.5, 0.6) is 0 Å². The third-order valence-corrected chi connectivity index (χ3v) is 4.84. The molecule has 112 valence electrons. The van der Waals surface area contributed by atoms with Gasteiger partial charge in [-0.25, -0.2) is 0 Å². The van der Waals surface area contributed by atoms with Crippen LogP contribution < -0.4 is 5.73 Å². The fourth-order valence-corrected chi connectivity index (χ4v) is 3.03. The second-order valence-corrected chi connectivity index (χ2v) is 5.79. The molecule has 1 heterocycles. The van der Waals surface area contributed by atoms with Gasteiger partial charge in [0.15, 0.2) is 0 Å². The highest BCUT2D eigenvalue weighted by Crippen LogP contribution is 2.21. The summed E-state index contributed by atoms with van der Waals surface area (Å²) >= 11 is 0. The molecule has 1 aliphatic heterocycles. The van der Waals surface area contributed by atoms with Crippen LogP contribution in [0.25, 0.3) is 0 Å². The van der Waals surface area contributed by atoms with Gasteiger partial charge in [-0.05, 0) is 32.7 Å². The van der Waals surface area contributed by atoms with Gasteiger partial charge in [-0.1, -0.05) is 26.7 Å². The Morgan fingerprint density at radius 2 is 1.68 bits per heavy atom. The molecular weight excluding hydrogens is 238 g/mol. The van der Waals surface area contributed by atoms with Gasteiger partial charge in [0.25, 0.3) is 0 Å². The highest BCUT2D eigenvalue weighted by atomic mass is 16.2. The lowest BCUT2D eigenvalue weighted by Gasteiger charge is -2.40. The van der Waals surface area contributed by atoms with Gasteiger partial charge in [0.1, 0.15) is 0 Å². The molecule has 0 spiro atoms. The predicted octanol–water partition coefficient (Wildman–Crippen LogP) is 1.84. The van der Waals surface area contributed by atoms with Crippen LogP contribution in [0.3, 0.4) is 0 Å². The summed E-state index contributed by atoms with van der Waals surface area (Å²) in [5.41, 5.74) is 5.92. The molecular formula is C15H31N3O. The molecule has 4 heteroatoms. The molecule has 0 aliphatic carbocycles. The maximum absolute atomic E-state index is 12.4. The van der Waals surface area contributed by atoms with Gasteiger partial charge in [-0.2, -0.15) is 0 Å². The van der Waals surface area contributed by atoms with Crippen molar-refractivity contribution in [3.63, 3.8) is 0 Å². The lowest BCUT2D eigenvalue weighted by atomic mass is 9.91. The molecule has 0 aromatic rings. The number of nitrogens with two attached hydrogens (primary N) is 1. The Morgan fingerprint density at radius 3 is 2.11 bits per heavy atom. The first-order chi connectivity index (χ1) is 9.09. The smallest absolute Gasteiger partial charge is 0.236 e. The number of hydrogen-bond acceptors (Lipinski definition) is 3. The highest BCUT2D eigenvalue weighted by molar-refractivity contribution is 5.78. The van der Waals surface area contributed by atoms with Crippen molar-refractivity contribution in [2.24, 2.45) is 5.73 Å². The summed E-state index contributed by atoms with van der Waals surface area (Å²) < 4.78 is 0. The fraction of sp³-hybridized carbons (Fsp3) is 0.933. The Labute approximate surface area is 118 Å². The molecule has 1 fully saturated rings. The van der Waals surface area contributed by atoms with E-state index in [0.717, 1.165) is 38.8 Å². The highest BCUT2D eigenvalue weighted by Gasteiger charge is 2.31. The maximum atomic E-state index is 12.4. The third kappa shape index (κ3) is 4.18. The van der Waals surface area contributed by atoms with Crippen LogP contribution in [0.4, 0.5) is 0 Å². The van der Waals surface area contributed by atoms with Crippen LogP contribution in [0, 0.1) is 0 Å². The summed E-state index contributed by atoms with van der Waals surface area (Å²) in [5.74, 6) is 0.268. The van der Waals surface area contributed by atoms with E-state index >= 15 is 0 Å². The Bertz CT molecular complexity index is 260. The van der Waals surface area contributed by atoms with Crippen LogP contribution >= 0.6 is 0 Å². The molecule has 0 radical (unpaired) electrons. The number of amides is 1. The van der Waals surface area contributed by atoms with Crippen LogP contribution in [0.1, 0.15) is 52.4 Å². The zero-order chi connectivity index (χ0) is 14.3. The average molecular weight is 269 g/mol. The number of carbonyl (C=O) groups is 1. The summed E-state index contributed by atoms with van der Waals surface area (Å²) in [5, 5.41) is 0. The van der Waals surface area contributed by atoms with Crippen molar-refractivity contribution in [1.29, 1.82) is 0 Å². The Morgan fingerprint density at radius 1 is 1.16 bits per heavy atom. The predicted molar refractivity (Wildman–Crippen MR) is 80.0 cm³/mol. The summed E-state index contributed by atoms with van der Waals surface area (Å²) in [6, 6.07) is 0. The van der Waals surface area contributed by atoms with Gasteiger partial charge in [-0.15, -0.1) is 0 Å². The van der Waals surface area contributed by atoms with Crippen molar-refractivity contribution in [2.75, 3.05) is 33.2 Å². The average Bonchev–Trinajstić information content (AvgIpc) is 2.70. The standard InChI is InChI=1S/C15H31N3O/c1-4-15(5-2,13-16)17(3)12-14(19)18-10-8-6-7-9-11-18/h4-13,16H2,1-3H3. The molecule has 0 aromatic carbocycles. The molecule has 0 bridgehead atoms. The number of carbonyl (C=O) groups excluding carboxylic acids is 1. The van der Waals surface area contributed by atoms with Crippen molar-refractivity contribution >= 4 is 5.91 Å². The molecule has 0 unspecified atom stereocenters. The normalized spacial score (nSPS) is 17.6. The van der Waals surface area contributed by atoms with E-state index in [2.05, 4.69) is 18.7 Å². The van der Waals surface area contributed by atoms with E-state index in [1.54, 1.807) is 0 Å². The van der Waals surface area contributed by atoms with Crippen molar-refractivity contribution < 1.29 is 4.79 Å². The molecule has 1 saturated heterocycles. The van der Waals surface area contributed by atoms with E-state index in [9.17, 15) is 4.79 Å². The molecule has 4 nitrogen and oxygen atoms in total. The lowest BCUT2D eigenvalue weighted by molar-refractivity contribution is -0.133. The van der Waals surface area contributed by atoms with Gasteiger partial charge in [0.05, 0.1) is 6.54 Å². The summed E-state index contributed by atoms with van der Waals surface area (Å²) in [6.45, 7) is 7.29. The topological polar surface area (TPSA) is 49.6 Å². The SMILES string of the molecule is CCC(CC)(CN)N(C)CC(=O)N1CCCCCC1. The van der Waals surface area contributed by atoms with E-state index in [-0.39, 0.29) is 11.4 Å². The zero-order valence-electron chi connectivity index (χ0n) is 13.0. The zero-order valence-corrected chi connectivity index (χ0v) is 13.0. The van der Waals surface area contributed by atoms with Crippen molar-refractivity contribution in [1.82, 2.24) is 9.80 Å². The van der Waals surface area contributed by atoms with Crippen molar-refractivity contribution in [3.8, 4) is 0 Å². The molecule has 19 heavy (non-hydrogen) atoms. The number of hydrogen-bond donors (Lipinski definition) is 1. The maximum Gasteiger partial charge on any atom is 0.236 e. The first-order valence-corrected chi connectivity index (χ1v) is 7.78. The van der Waals surface area contributed by atoms with E-state index in [1.807, 2.05) is 11.9 Å². The summed E-state index contributed by atoms with van der Waals surface area (Å²) in [4.78, 5) is 16.6. The van der Waals surface area contributed by atoms with Crippen LogP contribution in [-0.4, -0.2) is 54.5 Å². The first-order valence-electron chi connectivity index (χ1n) is 7.78. The Hall–Kier alpha value is -0.610. The van der Waals surface area contributed by atoms with Crippen molar-refractivity contribution in [2.45, 2.75) is 57.9 Å². The van der Waals surface area contributed by atoms with Gasteiger partial charge < -0.3 is 10.6 Å². The van der Waals surface area contributed by atoms with E-state index in [1.165, 1.54) is 12.8 Å². The minimum Gasteiger partial charge on any atom is -0.342 e. The largest absolute Gasteiger partial charge is 0.342 e. The van der Waals surface area contributed by atoms with E-state index in [4.69, 9.17) is 5.73 Å². The van der Waals surface area contributed by atoms with Gasteiger partial charge in [0.2, 0.25) is 5.91 Å². The minimum absolute atomic E-state index is 0.0263. The second-order valence-electron chi connectivity index (χ2n) is 5.79. The van der Waals surface area contributed by atoms with Gasteiger partial charge in [-0.3, -0.25) is 9.69 Å². The van der Waals surface area contributed by atoms with Crippen LogP contribution in [0.2, 0.25) is 0 Å². The second kappa shape index (κ2) is 7.85. The minimum atomic E-state index is -0.0263. The van der Waals surface area contributed by atoms with E-state index in [0.29, 0.717) is 13.1 Å². The quantitative estimate of drug-likeness (QED) is 0.800. The van der Waals surface area contributed by atoms with Crippen LogP contribution in [0.15, 0.2) is 0 Å². The Kier molecular flexibility index (Phi) is 6.80. The van der Waals surface area contributed by atoms with Crippen molar-refractivity contribution in [3.05, 3.63) is 0 Å². The molecule has 1 aliphatic rings. The molecule has 0 saturated carbocycles. The summed E-state index contributed by atoms with van der Waals surface area (Å²) in [7, 11) is 2.04. The first kappa shape index (κ1) is 16.4. The molecule has 0 atom stereocenters. The van der Waals surface area contributed by atoms with Crippen LogP contribution in [-0.2, 0) is 4.79 Å². The molecule has 1 amide bonds. The number of likely N-dealkylation sites (tertiary alicyclic amines) is 1. The molecule has 0 aromatic heterocycles. The monoisotopic (exact) mass is 269 g/mol.